The number of rotatable bonds is 6. The molecule has 1 aliphatic heterocycles. The fourth-order valence-electron chi connectivity index (χ4n) is 2.65. The van der Waals surface area contributed by atoms with Gasteiger partial charge in [-0.2, -0.15) is 0 Å². The first-order valence-electron chi connectivity index (χ1n) is 7.65. The van der Waals surface area contributed by atoms with Crippen LogP contribution in [0.1, 0.15) is 24.8 Å². The van der Waals surface area contributed by atoms with Gasteiger partial charge in [-0.25, -0.2) is 4.79 Å². The quantitative estimate of drug-likeness (QED) is 0.728. The number of urea groups is 1. The van der Waals surface area contributed by atoms with Gasteiger partial charge in [0.15, 0.2) is 0 Å². The van der Waals surface area contributed by atoms with Crippen molar-refractivity contribution in [3.05, 3.63) is 35.9 Å². The number of aliphatic hydroxyl groups is 1. The number of aliphatic hydroxyl groups excluding tert-OH is 1. The summed E-state index contributed by atoms with van der Waals surface area (Å²) in [5.41, 5.74) is 0.980. The van der Waals surface area contributed by atoms with Gasteiger partial charge in [-0.3, -0.25) is 15.0 Å². The van der Waals surface area contributed by atoms with Crippen LogP contribution in [0.5, 0.6) is 0 Å². The summed E-state index contributed by atoms with van der Waals surface area (Å²) >= 11 is 0. The van der Waals surface area contributed by atoms with Crippen molar-refractivity contribution in [3.63, 3.8) is 0 Å². The zero-order valence-electron chi connectivity index (χ0n) is 12.6. The standard InChI is InChI=1S/C16H23N3O3/c20-12-14-7-4-9-19(14)10-8-15(21)18-16(22)17-11-13-5-2-1-3-6-13/h1-3,5-6,14,20H,4,7-12H2,(H2,17,18,21,22)/t14-/m0/s1. The van der Waals surface area contributed by atoms with E-state index in [1.165, 1.54) is 0 Å². The summed E-state index contributed by atoms with van der Waals surface area (Å²) in [5.74, 6) is -0.297. The van der Waals surface area contributed by atoms with Gasteiger partial charge in [0.05, 0.1) is 6.61 Å². The second kappa shape index (κ2) is 8.51. The maximum atomic E-state index is 11.8. The molecule has 120 valence electrons. The van der Waals surface area contributed by atoms with Crippen molar-refractivity contribution in [1.82, 2.24) is 15.5 Å². The number of nitrogens with zero attached hydrogens (tertiary/aromatic N) is 1. The summed E-state index contributed by atoms with van der Waals surface area (Å²) in [6, 6.07) is 9.19. The Morgan fingerprint density at radius 2 is 2.05 bits per heavy atom. The number of hydrogen-bond donors (Lipinski definition) is 3. The van der Waals surface area contributed by atoms with E-state index in [4.69, 9.17) is 0 Å². The molecular formula is C16H23N3O3. The third kappa shape index (κ3) is 5.13. The number of amides is 3. The predicted molar refractivity (Wildman–Crippen MR) is 83.1 cm³/mol. The SMILES string of the molecule is O=C(CCN1CCC[C@H]1CO)NC(=O)NCc1ccccc1. The maximum absolute atomic E-state index is 11.8. The van der Waals surface area contributed by atoms with Crippen LogP contribution in [0.2, 0.25) is 0 Å². The molecule has 0 unspecified atom stereocenters. The second-order valence-corrected chi connectivity index (χ2v) is 5.48. The van der Waals surface area contributed by atoms with Crippen LogP contribution in [0.4, 0.5) is 4.79 Å². The first kappa shape index (κ1) is 16.5. The van der Waals surface area contributed by atoms with E-state index in [2.05, 4.69) is 15.5 Å². The monoisotopic (exact) mass is 305 g/mol. The van der Waals surface area contributed by atoms with Crippen molar-refractivity contribution in [2.24, 2.45) is 0 Å². The largest absolute Gasteiger partial charge is 0.395 e. The normalized spacial score (nSPS) is 18.1. The van der Waals surface area contributed by atoms with E-state index < -0.39 is 6.03 Å². The zero-order chi connectivity index (χ0) is 15.8. The van der Waals surface area contributed by atoms with Gasteiger partial charge in [0.1, 0.15) is 0 Å². The minimum atomic E-state index is -0.478. The van der Waals surface area contributed by atoms with Crippen LogP contribution in [-0.2, 0) is 11.3 Å². The molecule has 0 spiro atoms. The van der Waals surface area contributed by atoms with Crippen LogP contribution >= 0.6 is 0 Å². The lowest BCUT2D eigenvalue weighted by atomic mass is 10.2. The molecule has 0 aromatic heterocycles. The van der Waals surface area contributed by atoms with Crippen LogP contribution in [0.25, 0.3) is 0 Å². The molecule has 1 atom stereocenters. The van der Waals surface area contributed by atoms with E-state index >= 15 is 0 Å². The van der Waals surface area contributed by atoms with Crippen molar-refractivity contribution < 1.29 is 14.7 Å². The molecule has 0 bridgehead atoms. The molecule has 2 rings (SSSR count). The Hall–Kier alpha value is -1.92. The van der Waals surface area contributed by atoms with E-state index in [9.17, 15) is 14.7 Å². The Morgan fingerprint density at radius 1 is 1.27 bits per heavy atom. The van der Waals surface area contributed by atoms with Gasteiger partial charge >= 0.3 is 6.03 Å². The molecule has 22 heavy (non-hydrogen) atoms. The average molecular weight is 305 g/mol. The lowest BCUT2D eigenvalue weighted by molar-refractivity contribution is -0.120. The van der Waals surface area contributed by atoms with E-state index in [0.717, 1.165) is 24.9 Å². The highest BCUT2D eigenvalue weighted by Gasteiger charge is 2.23. The molecule has 0 radical (unpaired) electrons. The van der Waals surface area contributed by atoms with E-state index in [0.29, 0.717) is 13.1 Å². The number of hydrogen-bond acceptors (Lipinski definition) is 4. The number of imide groups is 1. The molecule has 3 N–H and O–H groups in total. The molecule has 0 aliphatic carbocycles. The molecule has 6 nitrogen and oxygen atoms in total. The zero-order valence-corrected chi connectivity index (χ0v) is 12.6. The van der Waals surface area contributed by atoms with Crippen LogP contribution in [0.15, 0.2) is 30.3 Å². The van der Waals surface area contributed by atoms with E-state index in [1.807, 2.05) is 30.3 Å². The lowest BCUT2D eigenvalue weighted by Crippen LogP contribution is -2.41. The summed E-state index contributed by atoms with van der Waals surface area (Å²) in [4.78, 5) is 25.5. The number of likely N-dealkylation sites (tertiary alicyclic amines) is 1. The fraction of sp³-hybridized carbons (Fsp3) is 0.500. The molecule has 1 fully saturated rings. The first-order chi connectivity index (χ1) is 10.7. The van der Waals surface area contributed by atoms with Crippen molar-refractivity contribution in [2.45, 2.75) is 31.8 Å². The molecule has 1 saturated heterocycles. The Labute approximate surface area is 130 Å². The minimum absolute atomic E-state index is 0.124. The maximum Gasteiger partial charge on any atom is 0.321 e. The van der Waals surface area contributed by atoms with Gasteiger partial charge in [-0.05, 0) is 24.9 Å². The Kier molecular flexibility index (Phi) is 6.36. The first-order valence-corrected chi connectivity index (χ1v) is 7.65. The summed E-state index contributed by atoms with van der Waals surface area (Å²) in [6.07, 6.45) is 2.27. The van der Waals surface area contributed by atoms with Crippen molar-refractivity contribution in [2.75, 3.05) is 19.7 Å². The third-order valence-electron chi connectivity index (χ3n) is 3.88. The molecule has 6 heteroatoms. The van der Waals surface area contributed by atoms with Crippen LogP contribution in [-0.4, -0.2) is 47.7 Å². The van der Waals surface area contributed by atoms with Crippen LogP contribution < -0.4 is 10.6 Å². The lowest BCUT2D eigenvalue weighted by Gasteiger charge is -2.21. The van der Waals surface area contributed by atoms with E-state index in [1.54, 1.807) is 0 Å². The molecule has 1 aromatic carbocycles. The van der Waals surface area contributed by atoms with Crippen molar-refractivity contribution >= 4 is 11.9 Å². The third-order valence-corrected chi connectivity index (χ3v) is 3.88. The smallest absolute Gasteiger partial charge is 0.321 e. The van der Waals surface area contributed by atoms with Crippen LogP contribution in [0.3, 0.4) is 0 Å². The van der Waals surface area contributed by atoms with Gasteiger partial charge in [0, 0.05) is 25.6 Å². The summed E-state index contributed by atoms with van der Waals surface area (Å²) < 4.78 is 0. The summed E-state index contributed by atoms with van der Waals surface area (Å²) in [5, 5.41) is 14.2. The summed E-state index contributed by atoms with van der Waals surface area (Å²) in [7, 11) is 0. The number of carbonyl (C=O) groups is 2. The van der Waals surface area contributed by atoms with Gasteiger partial charge < -0.3 is 10.4 Å². The van der Waals surface area contributed by atoms with Crippen molar-refractivity contribution in [3.8, 4) is 0 Å². The van der Waals surface area contributed by atoms with Gasteiger partial charge in [0.25, 0.3) is 0 Å². The second-order valence-electron chi connectivity index (χ2n) is 5.48. The number of benzene rings is 1. The van der Waals surface area contributed by atoms with Gasteiger partial charge in [0.2, 0.25) is 5.91 Å². The summed E-state index contributed by atoms with van der Waals surface area (Å²) in [6.45, 7) is 1.99. The predicted octanol–water partition coefficient (Wildman–Crippen LogP) is 0.859. The molecule has 3 amide bonds. The van der Waals surface area contributed by atoms with Crippen molar-refractivity contribution in [1.29, 1.82) is 0 Å². The molecular weight excluding hydrogens is 282 g/mol. The minimum Gasteiger partial charge on any atom is -0.395 e. The highest BCUT2D eigenvalue weighted by atomic mass is 16.3. The molecule has 0 saturated carbocycles. The Bertz CT molecular complexity index is 493. The Balaban J connectivity index is 1.65. The number of carbonyl (C=O) groups excluding carboxylic acids is 2. The molecule has 1 heterocycles. The average Bonchev–Trinajstić information content (AvgIpc) is 2.99. The highest BCUT2D eigenvalue weighted by Crippen LogP contribution is 2.16. The topological polar surface area (TPSA) is 81.7 Å². The van der Waals surface area contributed by atoms with Crippen LogP contribution in [0, 0.1) is 0 Å². The van der Waals surface area contributed by atoms with Gasteiger partial charge in [-0.15, -0.1) is 0 Å². The van der Waals surface area contributed by atoms with Gasteiger partial charge in [-0.1, -0.05) is 30.3 Å². The fourth-order valence-corrected chi connectivity index (χ4v) is 2.65. The molecule has 1 aliphatic rings. The number of nitrogens with one attached hydrogen (secondary N) is 2. The molecule has 1 aromatic rings. The van der Waals surface area contributed by atoms with E-state index in [-0.39, 0.29) is 25.0 Å². The highest BCUT2D eigenvalue weighted by molar-refractivity contribution is 5.94. The Morgan fingerprint density at radius 3 is 2.77 bits per heavy atom.